The Bertz CT molecular complexity index is 507. The van der Waals surface area contributed by atoms with Crippen LogP contribution in [0.15, 0.2) is 24.3 Å². The van der Waals surface area contributed by atoms with Crippen molar-refractivity contribution in [2.45, 2.75) is 19.3 Å². The van der Waals surface area contributed by atoms with Gasteiger partial charge in [-0.05, 0) is 25.0 Å². The van der Waals surface area contributed by atoms with Crippen molar-refractivity contribution < 1.29 is 0 Å². The summed E-state index contributed by atoms with van der Waals surface area (Å²) in [6.07, 6.45) is 3.43. The van der Waals surface area contributed by atoms with Gasteiger partial charge in [-0.2, -0.15) is 0 Å². The molecule has 0 saturated heterocycles. The molecule has 0 radical (unpaired) electrons. The van der Waals surface area contributed by atoms with E-state index in [1.165, 1.54) is 11.9 Å². The fourth-order valence-electron chi connectivity index (χ4n) is 2.19. The van der Waals surface area contributed by atoms with Gasteiger partial charge in [0.2, 0.25) is 5.95 Å². The van der Waals surface area contributed by atoms with Crippen LogP contribution in [0.25, 0.3) is 11.0 Å². The Morgan fingerprint density at radius 3 is 2.72 bits per heavy atom. The summed E-state index contributed by atoms with van der Waals surface area (Å²) in [7, 11) is 4.17. The third-order valence-corrected chi connectivity index (χ3v) is 3.50. The molecule has 18 heavy (non-hydrogen) atoms. The summed E-state index contributed by atoms with van der Waals surface area (Å²) in [4.78, 5) is 6.89. The number of aryl methyl sites for hydroxylation is 1. The molecule has 1 aromatic carbocycles. The second kappa shape index (κ2) is 6.10. The van der Waals surface area contributed by atoms with Gasteiger partial charge in [0.05, 0.1) is 11.0 Å². The molecule has 1 heterocycles. The number of hydrogen-bond acceptors (Lipinski definition) is 2. The van der Waals surface area contributed by atoms with Gasteiger partial charge in [-0.3, -0.25) is 0 Å². The highest BCUT2D eigenvalue weighted by atomic mass is 35.5. The zero-order chi connectivity index (χ0) is 13.0. The van der Waals surface area contributed by atoms with E-state index in [-0.39, 0.29) is 0 Å². The summed E-state index contributed by atoms with van der Waals surface area (Å²) in [5.41, 5.74) is 2.24. The minimum Gasteiger partial charge on any atom is -0.345 e. The van der Waals surface area contributed by atoms with Gasteiger partial charge in [0.25, 0.3) is 0 Å². The van der Waals surface area contributed by atoms with Crippen molar-refractivity contribution in [1.29, 1.82) is 0 Å². The lowest BCUT2D eigenvalue weighted by molar-refractivity contribution is 0.692. The first-order valence-corrected chi connectivity index (χ1v) is 6.96. The van der Waals surface area contributed by atoms with Crippen LogP contribution in [0.5, 0.6) is 0 Å². The zero-order valence-electron chi connectivity index (χ0n) is 11.1. The molecule has 0 aliphatic heterocycles. The SMILES string of the molecule is CN(CCCCCCl)c1nc2ccccc2n1C. The number of imidazole rings is 1. The molecular formula is C14H20ClN3. The molecule has 98 valence electrons. The number of aromatic nitrogens is 2. The topological polar surface area (TPSA) is 21.1 Å². The highest BCUT2D eigenvalue weighted by Crippen LogP contribution is 2.20. The van der Waals surface area contributed by atoms with Gasteiger partial charge in [-0.15, -0.1) is 11.6 Å². The van der Waals surface area contributed by atoms with Crippen molar-refractivity contribution in [3.63, 3.8) is 0 Å². The fourth-order valence-corrected chi connectivity index (χ4v) is 2.38. The van der Waals surface area contributed by atoms with Crippen molar-refractivity contribution in [3.05, 3.63) is 24.3 Å². The van der Waals surface area contributed by atoms with E-state index in [0.29, 0.717) is 0 Å². The smallest absolute Gasteiger partial charge is 0.206 e. The van der Waals surface area contributed by atoms with Crippen LogP contribution in [0.3, 0.4) is 0 Å². The number of hydrogen-bond donors (Lipinski definition) is 0. The Kier molecular flexibility index (Phi) is 4.48. The van der Waals surface area contributed by atoms with E-state index in [1.807, 2.05) is 12.1 Å². The van der Waals surface area contributed by atoms with Crippen molar-refractivity contribution in [1.82, 2.24) is 9.55 Å². The first-order valence-electron chi connectivity index (χ1n) is 6.42. The summed E-state index contributed by atoms with van der Waals surface area (Å²) in [6.45, 7) is 1.02. The average Bonchev–Trinajstić information content (AvgIpc) is 2.73. The Hall–Kier alpha value is -1.22. The number of halogens is 1. The number of unbranched alkanes of at least 4 members (excludes halogenated alkanes) is 2. The van der Waals surface area contributed by atoms with E-state index >= 15 is 0 Å². The molecule has 0 aliphatic rings. The Morgan fingerprint density at radius 2 is 2.00 bits per heavy atom. The molecule has 0 unspecified atom stereocenters. The summed E-state index contributed by atoms with van der Waals surface area (Å²) < 4.78 is 2.15. The Morgan fingerprint density at radius 1 is 1.22 bits per heavy atom. The molecule has 2 aromatic rings. The standard InChI is InChI=1S/C14H20ClN3/c1-17(11-7-3-6-10-15)14-16-12-8-4-5-9-13(12)18(14)2/h4-5,8-9H,3,6-7,10-11H2,1-2H3. The van der Waals surface area contributed by atoms with Gasteiger partial charge < -0.3 is 9.47 Å². The van der Waals surface area contributed by atoms with Gasteiger partial charge in [0, 0.05) is 26.5 Å². The maximum absolute atomic E-state index is 5.68. The van der Waals surface area contributed by atoms with Crippen LogP contribution in [0, 0.1) is 0 Å². The highest BCUT2D eigenvalue weighted by Gasteiger charge is 2.10. The molecule has 0 spiro atoms. The van der Waals surface area contributed by atoms with E-state index in [4.69, 9.17) is 11.6 Å². The highest BCUT2D eigenvalue weighted by molar-refractivity contribution is 6.17. The molecule has 0 fully saturated rings. The Labute approximate surface area is 113 Å². The minimum atomic E-state index is 0.760. The number of rotatable bonds is 6. The first kappa shape index (κ1) is 13.2. The molecule has 0 aliphatic carbocycles. The maximum atomic E-state index is 5.68. The van der Waals surface area contributed by atoms with Crippen LogP contribution in [0.1, 0.15) is 19.3 Å². The molecule has 0 saturated carbocycles. The van der Waals surface area contributed by atoms with Crippen molar-refractivity contribution >= 4 is 28.6 Å². The van der Waals surface area contributed by atoms with Gasteiger partial charge in [-0.1, -0.05) is 18.6 Å². The van der Waals surface area contributed by atoms with Crippen LogP contribution < -0.4 is 4.90 Å². The Balaban J connectivity index is 2.08. The van der Waals surface area contributed by atoms with Gasteiger partial charge >= 0.3 is 0 Å². The predicted octanol–water partition coefficient (Wildman–Crippen LogP) is 3.42. The maximum Gasteiger partial charge on any atom is 0.206 e. The van der Waals surface area contributed by atoms with Crippen molar-refractivity contribution in [2.24, 2.45) is 7.05 Å². The monoisotopic (exact) mass is 265 g/mol. The summed E-state index contributed by atoms with van der Waals surface area (Å²) in [5, 5.41) is 0. The molecule has 0 atom stereocenters. The van der Waals surface area contributed by atoms with E-state index in [1.54, 1.807) is 0 Å². The number of nitrogens with zero attached hydrogens (tertiary/aromatic N) is 3. The second-order valence-electron chi connectivity index (χ2n) is 4.63. The van der Waals surface area contributed by atoms with Gasteiger partial charge in [0.15, 0.2) is 0 Å². The molecule has 3 nitrogen and oxygen atoms in total. The fraction of sp³-hybridized carbons (Fsp3) is 0.500. The first-order chi connectivity index (χ1) is 8.74. The lowest BCUT2D eigenvalue weighted by Gasteiger charge is -2.17. The summed E-state index contributed by atoms with van der Waals surface area (Å²) in [5.74, 6) is 1.79. The average molecular weight is 266 g/mol. The molecule has 1 aromatic heterocycles. The molecular weight excluding hydrogens is 246 g/mol. The second-order valence-corrected chi connectivity index (χ2v) is 5.01. The zero-order valence-corrected chi connectivity index (χ0v) is 11.8. The molecule has 0 N–H and O–H groups in total. The largest absolute Gasteiger partial charge is 0.345 e. The van der Waals surface area contributed by atoms with E-state index in [2.05, 4.69) is 40.7 Å². The van der Waals surface area contributed by atoms with Crippen LogP contribution in [-0.2, 0) is 7.05 Å². The number of benzene rings is 1. The third kappa shape index (κ3) is 2.78. The van der Waals surface area contributed by atoms with Crippen molar-refractivity contribution in [3.8, 4) is 0 Å². The van der Waals surface area contributed by atoms with E-state index < -0.39 is 0 Å². The van der Waals surface area contributed by atoms with Crippen molar-refractivity contribution in [2.75, 3.05) is 24.4 Å². The van der Waals surface area contributed by atoms with Gasteiger partial charge in [0.1, 0.15) is 0 Å². The number of alkyl halides is 1. The normalized spacial score (nSPS) is 11.1. The number of anilines is 1. The quantitative estimate of drug-likeness (QED) is 0.589. The minimum absolute atomic E-state index is 0.760. The van der Waals surface area contributed by atoms with Crippen LogP contribution in [-0.4, -0.2) is 29.0 Å². The molecule has 4 heteroatoms. The molecule has 2 rings (SSSR count). The third-order valence-electron chi connectivity index (χ3n) is 3.23. The summed E-state index contributed by atoms with van der Waals surface area (Å²) >= 11 is 5.68. The molecule has 0 bridgehead atoms. The number of fused-ring (bicyclic) bond motifs is 1. The van der Waals surface area contributed by atoms with Crippen LogP contribution in [0.2, 0.25) is 0 Å². The van der Waals surface area contributed by atoms with E-state index in [9.17, 15) is 0 Å². The number of para-hydroxylation sites is 2. The predicted molar refractivity (Wildman–Crippen MR) is 78.6 cm³/mol. The molecule has 0 amide bonds. The summed E-state index contributed by atoms with van der Waals surface area (Å²) in [6, 6.07) is 8.24. The lowest BCUT2D eigenvalue weighted by Crippen LogP contribution is -2.21. The van der Waals surface area contributed by atoms with E-state index in [0.717, 1.165) is 36.7 Å². The van der Waals surface area contributed by atoms with Crippen LogP contribution >= 0.6 is 11.6 Å². The lowest BCUT2D eigenvalue weighted by atomic mass is 10.2. The van der Waals surface area contributed by atoms with Gasteiger partial charge in [-0.25, -0.2) is 4.98 Å². The van der Waals surface area contributed by atoms with Crippen LogP contribution in [0.4, 0.5) is 5.95 Å².